The van der Waals surface area contributed by atoms with Crippen LogP contribution < -0.4 is 17.0 Å². The first-order valence-electron chi connectivity index (χ1n) is 5.90. The Morgan fingerprint density at radius 2 is 2.26 bits per heavy atom. The van der Waals surface area contributed by atoms with Gasteiger partial charge in [-0.05, 0) is 0 Å². The molecule has 19 heavy (non-hydrogen) atoms. The van der Waals surface area contributed by atoms with Crippen LogP contribution in [-0.4, -0.2) is 45.1 Å². The molecule has 2 rings (SSSR count). The monoisotopic (exact) mass is 271 g/mol. The maximum absolute atomic E-state index is 11.8. The molecule has 0 aromatic carbocycles. The van der Waals surface area contributed by atoms with E-state index in [2.05, 4.69) is 4.98 Å². The third-order valence-corrected chi connectivity index (χ3v) is 3.62. The SMILES string of the molecule is C[C@@]1(CN)[C@H](O)[C@@H](CO)O[C@H]1n1ccc(=O)[nH]c1=O. The van der Waals surface area contributed by atoms with Crippen LogP contribution in [0.2, 0.25) is 0 Å². The van der Waals surface area contributed by atoms with E-state index in [1.807, 2.05) is 0 Å². The molecule has 8 heteroatoms. The third-order valence-electron chi connectivity index (χ3n) is 3.62. The number of ether oxygens (including phenoxy) is 1. The lowest BCUT2D eigenvalue weighted by Gasteiger charge is -2.31. The zero-order valence-electron chi connectivity index (χ0n) is 10.4. The van der Waals surface area contributed by atoms with Gasteiger partial charge in [-0.1, -0.05) is 6.92 Å². The molecule has 0 saturated carbocycles. The van der Waals surface area contributed by atoms with Gasteiger partial charge in [0.15, 0.2) is 0 Å². The second-order valence-electron chi connectivity index (χ2n) is 4.88. The average molecular weight is 271 g/mol. The van der Waals surface area contributed by atoms with Crippen LogP contribution in [0.3, 0.4) is 0 Å². The molecule has 5 N–H and O–H groups in total. The van der Waals surface area contributed by atoms with Gasteiger partial charge in [-0.25, -0.2) is 4.79 Å². The van der Waals surface area contributed by atoms with Gasteiger partial charge in [0.1, 0.15) is 12.3 Å². The fourth-order valence-electron chi connectivity index (χ4n) is 2.33. The number of nitrogens with zero attached hydrogens (tertiary/aromatic N) is 1. The van der Waals surface area contributed by atoms with Gasteiger partial charge in [0.2, 0.25) is 0 Å². The van der Waals surface area contributed by atoms with E-state index in [4.69, 9.17) is 10.5 Å². The fourth-order valence-corrected chi connectivity index (χ4v) is 2.33. The predicted octanol–water partition coefficient (Wildman–Crippen LogP) is -2.25. The van der Waals surface area contributed by atoms with E-state index in [0.717, 1.165) is 4.57 Å². The normalized spacial score (nSPS) is 34.6. The highest BCUT2D eigenvalue weighted by molar-refractivity contribution is 5.00. The van der Waals surface area contributed by atoms with Crippen molar-refractivity contribution >= 4 is 0 Å². The lowest BCUT2D eigenvalue weighted by atomic mass is 9.82. The van der Waals surface area contributed by atoms with Crippen molar-refractivity contribution in [1.29, 1.82) is 0 Å². The number of rotatable bonds is 3. The molecule has 4 atom stereocenters. The van der Waals surface area contributed by atoms with Crippen LogP contribution in [0.5, 0.6) is 0 Å². The van der Waals surface area contributed by atoms with E-state index in [9.17, 15) is 19.8 Å². The molecule has 1 fully saturated rings. The van der Waals surface area contributed by atoms with Crippen LogP contribution in [0.15, 0.2) is 21.9 Å². The molecule has 106 valence electrons. The predicted molar refractivity (Wildman–Crippen MR) is 65.5 cm³/mol. The molecule has 1 saturated heterocycles. The second kappa shape index (κ2) is 4.89. The van der Waals surface area contributed by atoms with Crippen molar-refractivity contribution in [3.8, 4) is 0 Å². The molecule has 1 aromatic heterocycles. The van der Waals surface area contributed by atoms with E-state index in [1.165, 1.54) is 12.3 Å². The molecule has 1 aliphatic heterocycles. The molecule has 0 aliphatic carbocycles. The molecule has 0 spiro atoms. The summed E-state index contributed by atoms with van der Waals surface area (Å²) in [6.45, 7) is 1.34. The van der Waals surface area contributed by atoms with Gasteiger partial charge in [0.05, 0.1) is 18.1 Å². The van der Waals surface area contributed by atoms with Gasteiger partial charge in [0.25, 0.3) is 5.56 Å². The summed E-state index contributed by atoms with van der Waals surface area (Å²) in [5.41, 5.74) is 3.57. The van der Waals surface area contributed by atoms with Gasteiger partial charge < -0.3 is 20.7 Å². The third kappa shape index (κ3) is 2.12. The van der Waals surface area contributed by atoms with E-state index in [-0.39, 0.29) is 13.2 Å². The van der Waals surface area contributed by atoms with Gasteiger partial charge in [0, 0.05) is 18.8 Å². The molecule has 8 nitrogen and oxygen atoms in total. The van der Waals surface area contributed by atoms with Crippen LogP contribution >= 0.6 is 0 Å². The largest absolute Gasteiger partial charge is 0.394 e. The van der Waals surface area contributed by atoms with Crippen LogP contribution in [-0.2, 0) is 4.74 Å². The first-order chi connectivity index (χ1) is 8.93. The van der Waals surface area contributed by atoms with Crippen molar-refractivity contribution in [1.82, 2.24) is 9.55 Å². The lowest BCUT2D eigenvalue weighted by molar-refractivity contribution is -0.0539. The Morgan fingerprint density at radius 1 is 1.58 bits per heavy atom. The Kier molecular flexibility index (Phi) is 3.59. The second-order valence-corrected chi connectivity index (χ2v) is 4.88. The Hall–Kier alpha value is -1.48. The Balaban J connectivity index is 2.48. The summed E-state index contributed by atoms with van der Waals surface area (Å²) in [7, 11) is 0. The Morgan fingerprint density at radius 3 is 2.79 bits per heavy atom. The zero-order chi connectivity index (χ0) is 14.2. The summed E-state index contributed by atoms with van der Waals surface area (Å²) in [5, 5.41) is 19.3. The van der Waals surface area contributed by atoms with Crippen LogP contribution in [0, 0.1) is 5.41 Å². The maximum Gasteiger partial charge on any atom is 0.330 e. The number of aliphatic hydroxyl groups is 2. The Bertz CT molecular complexity index is 568. The van der Waals surface area contributed by atoms with Crippen molar-refractivity contribution in [2.24, 2.45) is 11.1 Å². The van der Waals surface area contributed by atoms with E-state index < -0.39 is 35.1 Å². The van der Waals surface area contributed by atoms with Gasteiger partial charge in [-0.15, -0.1) is 0 Å². The molecule has 0 radical (unpaired) electrons. The minimum Gasteiger partial charge on any atom is -0.394 e. The van der Waals surface area contributed by atoms with Crippen molar-refractivity contribution in [2.75, 3.05) is 13.2 Å². The quantitative estimate of drug-likeness (QED) is 0.491. The number of hydrogen-bond acceptors (Lipinski definition) is 6. The topological polar surface area (TPSA) is 131 Å². The van der Waals surface area contributed by atoms with Gasteiger partial charge in [-0.3, -0.25) is 14.3 Å². The van der Waals surface area contributed by atoms with Crippen LogP contribution in [0.25, 0.3) is 0 Å². The highest BCUT2D eigenvalue weighted by Gasteiger charge is 2.53. The molecule has 2 heterocycles. The van der Waals surface area contributed by atoms with Crippen molar-refractivity contribution < 1.29 is 14.9 Å². The van der Waals surface area contributed by atoms with Crippen molar-refractivity contribution in [3.63, 3.8) is 0 Å². The molecule has 1 aliphatic rings. The summed E-state index contributed by atoms with van der Waals surface area (Å²) in [6, 6.07) is 1.18. The average Bonchev–Trinajstić information content (AvgIpc) is 2.63. The Labute approximate surface area is 108 Å². The molecule has 0 unspecified atom stereocenters. The number of H-pyrrole nitrogens is 1. The van der Waals surface area contributed by atoms with Crippen LogP contribution in [0.4, 0.5) is 0 Å². The molecular formula is C11H17N3O5. The lowest BCUT2D eigenvalue weighted by Crippen LogP contribution is -2.46. The summed E-state index contributed by atoms with van der Waals surface area (Å²) in [6.07, 6.45) is -1.40. The molecule has 1 aromatic rings. The number of aromatic nitrogens is 2. The van der Waals surface area contributed by atoms with Crippen molar-refractivity contribution in [3.05, 3.63) is 33.1 Å². The highest BCUT2D eigenvalue weighted by atomic mass is 16.5. The first-order valence-corrected chi connectivity index (χ1v) is 5.90. The number of aliphatic hydroxyl groups excluding tert-OH is 2. The number of nitrogens with one attached hydrogen (secondary N) is 1. The number of aromatic amines is 1. The molecular weight excluding hydrogens is 254 g/mol. The van der Waals surface area contributed by atoms with Crippen LogP contribution in [0.1, 0.15) is 13.2 Å². The molecule has 0 amide bonds. The smallest absolute Gasteiger partial charge is 0.330 e. The summed E-state index contributed by atoms with van der Waals surface area (Å²) in [5.74, 6) is 0. The van der Waals surface area contributed by atoms with E-state index in [1.54, 1.807) is 6.92 Å². The van der Waals surface area contributed by atoms with E-state index in [0.29, 0.717) is 0 Å². The fraction of sp³-hybridized carbons (Fsp3) is 0.636. The van der Waals surface area contributed by atoms with E-state index >= 15 is 0 Å². The van der Waals surface area contributed by atoms with Crippen molar-refractivity contribution in [2.45, 2.75) is 25.4 Å². The minimum absolute atomic E-state index is 0.0564. The number of hydrogen-bond donors (Lipinski definition) is 4. The number of nitrogens with two attached hydrogens (primary N) is 1. The molecule has 0 bridgehead atoms. The summed E-state index contributed by atoms with van der Waals surface area (Å²) < 4.78 is 6.66. The summed E-state index contributed by atoms with van der Waals surface area (Å²) >= 11 is 0. The first kappa shape index (κ1) is 13.9. The minimum atomic E-state index is -1.01. The summed E-state index contributed by atoms with van der Waals surface area (Å²) in [4.78, 5) is 24.9. The van der Waals surface area contributed by atoms with Gasteiger partial charge >= 0.3 is 5.69 Å². The maximum atomic E-state index is 11.8. The highest BCUT2D eigenvalue weighted by Crippen LogP contribution is 2.43. The standard InChI is InChI=1S/C11H17N3O5/c1-11(5-12)8(17)6(4-15)19-9(11)14-3-2-7(16)13-10(14)18/h2-3,6,8-9,15,17H,4-5,12H2,1H3,(H,13,16,18)/t6-,8-,9-,11-/m1/s1. The zero-order valence-corrected chi connectivity index (χ0v) is 10.4. The van der Waals surface area contributed by atoms with Gasteiger partial charge in [-0.2, -0.15) is 0 Å².